The molecule has 0 aliphatic rings. The first-order chi connectivity index (χ1) is 10.6. The number of phenolic OH excluding ortho intramolecular Hbond substituents is 1. The maximum absolute atomic E-state index is 12.2. The van der Waals surface area contributed by atoms with Crippen LogP contribution in [0, 0.1) is 0 Å². The van der Waals surface area contributed by atoms with Gasteiger partial charge in [-0.2, -0.15) is 0 Å². The van der Waals surface area contributed by atoms with Crippen LogP contribution >= 0.6 is 15.9 Å². The molecule has 0 amide bonds. The Bertz CT molecular complexity index is 825. The van der Waals surface area contributed by atoms with E-state index in [2.05, 4.69) is 15.9 Å². The lowest BCUT2D eigenvalue weighted by atomic mass is 10.1. The van der Waals surface area contributed by atoms with E-state index in [4.69, 9.17) is 4.74 Å². The third kappa shape index (κ3) is 3.12. The van der Waals surface area contributed by atoms with Crippen LogP contribution in [0.25, 0.3) is 10.8 Å². The topological polar surface area (TPSA) is 46.5 Å². The van der Waals surface area contributed by atoms with Gasteiger partial charge in [0.1, 0.15) is 17.9 Å². The molecule has 0 radical (unpaired) electrons. The molecule has 110 valence electrons. The highest BCUT2D eigenvalue weighted by Gasteiger charge is 2.14. The normalized spacial score (nSPS) is 10.6. The summed E-state index contributed by atoms with van der Waals surface area (Å²) in [5.41, 5.74) is 1.06. The van der Waals surface area contributed by atoms with Crippen LogP contribution in [0.4, 0.5) is 0 Å². The average molecular weight is 357 g/mol. The molecule has 0 saturated heterocycles. The van der Waals surface area contributed by atoms with Crippen molar-refractivity contribution in [3.63, 3.8) is 0 Å². The number of phenols is 1. The molecule has 1 N–H and O–H groups in total. The lowest BCUT2D eigenvalue weighted by Crippen LogP contribution is -2.05. The summed E-state index contributed by atoms with van der Waals surface area (Å²) in [6, 6.07) is 18.3. The standard InChI is InChI=1S/C18H13BrO3/c19-15-7-5-12(6-8-15)11-22-18(21)16-9-13-3-1-2-4-14(13)10-17(16)20/h1-10,20H,11H2. The minimum atomic E-state index is -0.536. The Morgan fingerprint density at radius 1 is 1.00 bits per heavy atom. The summed E-state index contributed by atoms with van der Waals surface area (Å²) in [5, 5.41) is 11.8. The highest BCUT2D eigenvalue weighted by atomic mass is 79.9. The molecule has 0 bridgehead atoms. The fourth-order valence-electron chi connectivity index (χ4n) is 2.20. The van der Waals surface area contributed by atoms with Crippen LogP contribution in [0.1, 0.15) is 15.9 Å². The lowest BCUT2D eigenvalue weighted by Gasteiger charge is -2.08. The number of ether oxygens (including phenoxy) is 1. The first kappa shape index (κ1) is 14.6. The Labute approximate surface area is 136 Å². The first-order valence-electron chi connectivity index (χ1n) is 6.77. The molecule has 0 fully saturated rings. The van der Waals surface area contributed by atoms with Gasteiger partial charge in [0.25, 0.3) is 0 Å². The summed E-state index contributed by atoms with van der Waals surface area (Å²) < 4.78 is 6.24. The van der Waals surface area contributed by atoms with Gasteiger partial charge in [0.05, 0.1) is 0 Å². The molecular formula is C18H13BrO3. The van der Waals surface area contributed by atoms with Crippen LogP contribution in [0.15, 0.2) is 65.1 Å². The fraction of sp³-hybridized carbons (Fsp3) is 0.0556. The summed E-state index contributed by atoms with van der Waals surface area (Å²) in [6.07, 6.45) is 0. The van der Waals surface area contributed by atoms with Crippen LogP contribution in [0.2, 0.25) is 0 Å². The molecule has 0 atom stereocenters. The summed E-state index contributed by atoms with van der Waals surface area (Å²) in [4.78, 5) is 12.2. The van der Waals surface area contributed by atoms with Crippen molar-refractivity contribution < 1.29 is 14.6 Å². The van der Waals surface area contributed by atoms with Gasteiger partial charge in [-0.25, -0.2) is 4.79 Å². The molecule has 0 aromatic heterocycles. The smallest absolute Gasteiger partial charge is 0.342 e. The molecule has 0 spiro atoms. The number of aromatic hydroxyl groups is 1. The van der Waals surface area contributed by atoms with Crippen molar-refractivity contribution in [3.8, 4) is 5.75 Å². The van der Waals surface area contributed by atoms with Gasteiger partial charge < -0.3 is 9.84 Å². The van der Waals surface area contributed by atoms with Gasteiger partial charge >= 0.3 is 5.97 Å². The predicted molar refractivity (Wildman–Crippen MR) is 88.9 cm³/mol. The molecular weight excluding hydrogens is 344 g/mol. The maximum atomic E-state index is 12.2. The number of rotatable bonds is 3. The predicted octanol–water partition coefficient (Wildman–Crippen LogP) is 4.66. The Kier molecular flexibility index (Phi) is 4.11. The van der Waals surface area contributed by atoms with Gasteiger partial charge in [-0.15, -0.1) is 0 Å². The van der Waals surface area contributed by atoms with Gasteiger partial charge in [0.2, 0.25) is 0 Å². The van der Waals surface area contributed by atoms with Crippen molar-refractivity contribution in [1.82, 2.24) is 0 Å². The Balaban J connectivity index is 1.79. The van der Waals surface area contributed by atoms with E-state index in [1.165, 1.54) is 0 Å². The second kappa shape index (κ2) is 6.20. The maximum Gasteiger partial charge on any atom is 0.342 e. The van der Waals surface area contributed by atoms with E-state index in [0.717, 1.165) is 20.8 Å². The second-order valence-electron chi connectivity index (χ2n) is 4.92. The molecule has 4 heteroatoms. The van der Waals surface area contributed by atoms with Crippen LogP contribution < -0.4 is 0 Å². The third-order valence-corrected chi connectivity index (χ3v) is 3.90. The minimum Gasteiger partial charge on any atom is -0.507 e. The van der Waals surface area contributed by atoms with Crippen molar-refractivity contribution in [2.24, 2.45) is 0 Å². The van der Waals surface area contributed by atoms with Crippen molar-refractivity contribution in [1.29, 1.82) is 0 Å². The van der Waals surface area contributed by atoms with Crippen molar-refractivity contribution in [3.05, 3.63) is 76.3 Å². The van der Waals surface area contributed by atoms with Crippen LogP contribution in [-0.2, 0) is 11.3 Å². The van der Waals surface area contributed by atoms with Gasteiger partial charge in [-0.3, -0.25) is 0 Å². The zero-order chi connectivity index (χ0) is 15.5. The number of fused-ring (bicyclic) bond motifs is 1. The van der Waals surface area contributed by atoms with E-state index in [1.54, 1.807) is 12.1 Å². The van der Waals surface area contributed by atoms with Crippen LogP contribution in [-0.4, -0.2) is 11.1 Å². The number of esters is 1. The molecule has 0 aliphatic heterocycles. The van der Waals surface area contributed by atoms with Crippen molar-refractivity contribution >= 4 is 32.7 Å². The summed E-state index contributed by atoms with van der Waals surface area (Å²) in [6.45, 7) is 0.165. The monoisotopic (exact) mass is 356 g/mol. The second-order valence-corrected chi connectivity index (χ2v) is 5.83. The molecule has 0 saturated carbocycles. The molecule has 0 heterocycles. The largest absolute Gasteiger partial charge is 0.507 e. The number of carbonyl (C=O) groups excluding carboxylic acids is 1. The van der Waals surface area contributed by atoms with E-state index in [1.807, 2.05) is 48.5 Å². The highest BCUT2D eigenvalue weighted by Crippen LogP contribution is 2.25. The van der Waals surface area contributed by atoms with E-state index in [0.29, 0.717) is 0 Å². The number of benzene rings is 3. The number of carbonyl (C=O) groups is 1. The van der Waals surface area contributed by atoms with Gasteiger partial charge in [0.15, 0.2) is 0 Å². The molecule has 3 rings (SSSR count). The summed E-state index contributed by atoms with van der Waals surface area (Å²) in [5.74, 6) is -0.606. The quantitative estimate of drug-likeness (QED) is 0.694. The van der Waals surface area contributed by atoms with Gasteiger partial charge in [-0.1, -0.05) is 52.3 Å². The van der Waals surface area contributed by atoms with Crippen molar-refractivity contribution in [2.75, 3.05) is 0 Å². The lowest BCUT2D eigenvalue weighted by molar-refractivity contribution is 0.0469. The molecule has 0 unspecified atom stereocenters. The number of hydrogen-bond acceptors (Lipinski definition) is 3. The van der Waals surface area contributed by atoms with Gasteiger partial charge in [0, 0.05) is 4.47 Å². The SMILES string of the molecule is O=C(OCc1ccc(Br)cc1)c1cc2ccccc2cc1O. The third-order valence-electron chi connectivity index (χ3n) is 3.37. The molecule has 3 aromatic rings. The van der Waals surface area contributed by atoms with E-state index < -0.39 is 5.97 Å². The molecule has 3 nitrogen and oxygen atoms in total. The zero-order valence-electron chi connectivity index (χ0n) is 11.6. The van der Waals surface area contributed by atoms with E-state index in [-0.39, 0.29) is 17.9 Å². The zero-order valence-corrected chi connectivity index (χ0v) is 13.2. The van der Waals surface area contributed by atoms with Crippen LogP contribution in [0.5, 0.6) is 5.75 Å². The van der Waals surface area contributed by atoms with Crippen LogP contribution in [0.3, 0.4) is 0 Å². The Morgan fingerprint density at radius 3 is 2.32 bits per heavy atom. The number of hydrogen-bond donors (Lipinski definition) is 1. The minimum absolute atomic E-state index is 0.0699. The van der Waals surface area contributed by atoms with Gasteiger partial charge in [-0.05, 0) is 40.6 Å². The summed E-state index contributed by atoms with van der Waals surface area (Å²) >= 11 is 3.35. The van der Waals surface area contributed by atoms with E-state index >= 15 is 0 Å². The molecule has 3 aromatic carbocycles. The van der Waals surface area contributed by atoms with Crippen molar-refractivity contribution in [2.45, 2.75) is 6.61 Å². The summed E-state index contributed by atoms with van der Waals surface area (Å²) in [7, 11) is 0. The number of halogens is 1. The highest BCUT2D eigenvalue weighted by molar-refractivity contribution is 9.10. The Hall–Kier alpha value is -2.33. The first-order valence-corrected chi connectivity index (χ1v) is 7.56. The van der Waals surface area contributed by atoms with E-state index in [9.17, 15) is 9.90 Å². The molecule has 22 heavy (non-hydrogen) atoms. The Morgan fingerprint density at radius 2 is 1.64 bits per heavy atom. The fourth-order valence-corrected chi connectivity index (χ4v) is 2.46. The average Bonchev–Trinajstić information content (AvgIpc) is 2.53. The molecule has 0 aliphatic carbocycles.